The summed E-state index contributed by atoms with van der Waals surface area (Å²) in [6.45, 7) is 5.36. The molecule has 1 unspecified atom stereocenters. The number of carbonyl (C=O) groups excluding carboxylic acids is 1. The molecule has 4 rings (SSSR count). The van der Waals surface area contributed by atoms with Crippen molar-refractivity contribution in [2.45, 2.75) is 32.5 Å². The van der Waals surface area contributed by atoms with Gasteiger partial charge in [0.2, 0.25) is 5.89 Å². The predicted octanol–water partition coefficient (Wildman–Crippen LogP) is 2.68. The van der Waals surface area contributed by atoms with E-state index in [0.717, 1.165) is 13.0 Å². The largest absolute Gasteiger partial charge is 0.337 e. The molecule has 1 atom stereocenters. The molecule has 0 saturated carbocycles. The van der Waals surface area contributed by atoms with E-state index in [1.807, 2.05) is 4.90 Å². The van der Waals surface area contributed by atoms with Crippen LogP contribution in [0.2, 0.25) is 5.02 Å². The zero-order chi connectivity index (χ0) is 19.0. The van der Waals surface area contributed by atoms with Gasteiger partial charge in [0, 0.05) is 49.4 Å². The topological polar surface area (TPSA) is 65.7 Å². The molecule has 2 saturated heterocycles. The van der Waals surface area contributed by atoms with Crippen LogP contribution in [0.4, 0.5) is 9.18 Å². The summed E-state index contributed by atoms with van der Waals surface area (Å²) in [5, 5.41) is 4.20. The summed E-state index contributed by atoms with van der Waals surface area (Å²) in [6, 6.07) is 4.85. The number of halogens is 2. The molecule has 27 heavy (non-hydrogen) atoms. The molecule has 0 N–H and O–H groups in total. The van der Waals surface area contributed by atoms with Crippen molar-refractivity contribution >= 4 is 17.6 Å². The van der Waals surface area contributed by atoms with Crippen LogP contribution in [0.5, 0.6) is 0 Å². The Morgan fingerprint density at radius 2 is 2.15 bits per heavy atom. The Morgan fingerprint density at radius 3 is 2.89 bits per heavy atom. The van der Waals surface area contributed by atoms with Crippen molar-refractivity contribution < 1.29 is 13.7 Å². The van der Waals surface area contributed by atoms with Gasteiger partial charge in [-0.05, 0) is 25.5 Å². The second kappa shape index (κ2) is 7.44. The lowest BCUT2D eigenvalue weighted by Crippen LogP contribution is -2.40. The van der Waals surface area contributed by atoms with E-state index in [4.69, 9.17) is 16.1 Å². The van der Waals surface area contributed by atoms with Crippen molar-refractivity contribution in [2.75, 3.05) is 26.2 Å². The van der Waals surface area contributed by atoms with Crippen LogP contribution < -0.4 is 0 Å². The van der Waals surface area contributed by atoms with Crippen LogP contribution in [-0.4, -0.2) is 63.1 Å². The van der Waals surface area contributed by atoms with Crippen molar-refractivity contribution in [3.63, 3.8) is 0 Å². The van der Waals surface area contributed by atoms with Crippen LogP contribution in [0.15, 0.2) is 22.7 Å². The SMILES string of the molecule is Cc1noc(CN2CCN(C3CCN(Cc4c(F)cccc4Cl)C3)C2=O)n1. The Kier molecular flexibility index (Phi) is 5.01. The van der Waals surface area contributed by atoms with Crippen LogP contribution >= 0.6 is 11.6 Å². The second-order valence-corrected chi connectivity index (χ2v) is 7.42. The molecule has 144 valence electrons. The van der Waals surface area contributed by atoms with E-state index in [1.165, 1.54) is 6.07 Å². The van der Waals surface area contributed by atoms with E-state index in [-0.39, 0.29) is 17.9 Å². The van der Waals surface area contributed by atoms with Crippen molar-refractivity contribution in [1.29, 1.82) is 0 Å². The highest BCUT2D eigenvalue weighted by molar-refractivity contribution is 6.31. The van der Waals surface area contributed by atoms with Gasteiger partial charge < -0.3 is 14.3 Å². The summed E-state index contributed by atoms with van der Waals surface area (Å²) < 4.78 is 19.1. The number of urea groups is 1. The molecule has 2 amide bonds. The number of aryl methyl sites for hydroxylation is 1. The monoisotopic (exact) mass is 393 g/mol. The smallest absolute Gasteiger partial charge is 0.320 e. The van der Waals surface area contributed by atoms with Crippen LogP contribution in [-0.2, 0) is 13.1 Å². The molecule has 3 heterocycles. The zero-order valence-electron chi connectivity index (χ0n) is 15.1. The summed E-state index contributed by atoms with van der Waals surface area (Å²) in [6.07, 6.45) is 0.866. The maximum Gasteiger partial charge on any atom is 0.320 e. The number of rotatable bonds is 5. The molecule has 1 aromatic carbocycles. The van der Waals surface area contributed by atoms with Gasteiger partial charge in [-0.25, -0.2) is 9.18 Å². The third-order valence-electron chi connectivity index (χ3n) is 5.15. The second-order valence-electron chi connectivity index (χ2n) is 7.01. The van der Waals surface area contributed by atoms with Crippen molar-refractivity contribution in [3.8, 4) is 0 Å². The highest BCUT2D eigenvalue weighted by Gasteiger charge is 2.37. The number of likely N-dealkylation sites (tertiary alicyclic amines) is 1. The van der Waals surface area contributed by atoms with Gasteiger partial charge in [-0.3, -0.25) is 4.90 Å². The van der Waals surface area contributed by atoms with Gasteiger partial charge in [0.05, 0.1) is 0 Å². The number of hydrogen-bond acceptors (Lipinski definition) is 5. The fraction of sp³-hybridized carbons (Fsp3) is 0.500. The Labute approximate surface area is 161 Å². The first kappa shape index (κ1) is 18.2. The summed E-state index contributed by atoms with van der Waals surface area (Å²) in [7, 11) is 0. The van der Waals surface area contributed by atoms with E-state index >= 15 is 0 Å². The minimum atomic E-state index is -0.288. The minimum absolute atomic E-state index is 0.0124. The lowest BCUT2D eigenvalue weighted by molar-refractivity contribution is 0.170. The van der Waals surface area contributed by atoms with E-state index in [9.17, 15) is 9.18 Å². The molecule has 2 aliphatic rings. The molecule has 0 bridgehead atoms. The molecule has 0 radical (unpaired) electrons. The number of carbonyl (C=O) groups is 1. The minimum Gasteiger partial charge on any atom is -0.337 e. The highest BCUT2D eigenvalue weighted by Crippen LogP contribution is 2.26. The van der Waals surface area contributed by atoms with Crippen molar-refractivity contribution in [2.24, 2.45) is 0 Å². The first-order chi connectivity index (χ1) is 13.0. The number of hydrogen-bond donors (Lipinski definition) is 0. The predicted molar refractivity (Wildman–Crippen MR) is 96.6 cm³/mol. The Balaban J connectivity index is 1.36. The van der Waals surface area contributed by atoms with E-state index in [1.54, 1.807) is 24.0 Å². The molecular formula is C18H21ClFN5O2. The van der Waals surface area contributed by atoms with Crippen LogP contribution in [0.25, 0.3) is 0 Å². The maximum atomic E-state index is 14.0. The third-order valence-corrected chi connectivity index (χ3v) is 5.51. The molecule has 0 spiro atoms. The molecule has 2 aliphatic heterocycles. The molecule has 2 fully saturated rings. The fourth-order valence-electron chi connectivity index (χ4n) is 3.77. The quantitative estimate of drug-likeness (QED) is 0.781. The first-order valence-corrected chi connectivity index (χ1v) is 9.39. The van der Waals surface area contributed by atoms with Gasteiger partial charge >= 0.3 is 6.03 Å². The van der Waals surface area contributed by atoms with Gasteiger partial charge in [-0.2, -0.15) is 4.98 Å². The normalized spacial score (nSPS) is 20.9. The summed E-state index contributed by atoms with van der Waals surface area (Å²) in [4.78, 5) is 22.7. The number of benzene rings is 1. The fourth-order valence-corrected chi connectivity index (χ4v) is 3.99. The van der Waals surface area contributed by atoms with Gasteiger partial charge in [-0.15, -0.1) is 0 Å². The average molecular weight is 394 g/mol. The van der Waals surface area contributed by atoms with Crippen LogP contribution in [0.3, 0.4) is 0 Å². The molecule has 7 nitrogen and oxygen atoms in total. The van der Waals surface area contributed by atoms with Crippen LogP contribution in [0, 0.1) is 12.7 Å². The zero-order valence-corrected chi connectivity index (χ0v) is 15.8. The van der Waals surface area contributed by atoms with Crippen LogP contribution in [0.1, 0.15) is 23.7 Å². The molecule has 0 aliphatic carbocycles. The Bertz CT molecular complexity index is 825. The van der Waals surface area contributed by atoms with Gasteiger partial charge in [0.15, 0.2) is 5.82 Å². The average Bonchev–Trinajstić information content (AvgIpc) is 3.34. The van der Waals surface area contributed by atoms with Gasteiger partial charge in [0.25, 0.3) is 0 Å². The molecular weight excluding hydrogens is 373 g/mol. The standard InChI is InChI=1S/C18H21ClFN5O2/c1-12-21-17(27-22-12)11-24-7-8-25(18(24)26)13-5-6-23(9-13)10-14-15(19)3-2-4-16(14)20/h2-4,13H,5-11H2,1H3. The number of nitrogens with zero attached hydrogens (tertiary/aromatic N) is 5. The first-order valence-electron chi connectivity index (χ1n) is 9.01. The molecule has 1 aromatic heterocycles. The summed E-state index contributed by atoms with van der Waals surface area (Å²) in [5.41, 5.74) is 0.515. The lowest BCUT2D eigenvalue weighted by Gasteiger charge is -2.24. The Hall–Kier alpha value is -2.19. The molecule has 9 heteroatoms. The third kappa shape index (κ3) is 3.77. The van der Waals surface area contributed by atoms with Crippen molar-refractivity contribution in [3.05, 3.63) is 46.3 Å². The summed E-state index contributed by atoms with van der Waals surface area (Å²) in [5.74, 6) is 0.723. The van der Waals surface area contributed by atoms with E-state index < -0.39 is 0 Å². The van der Waals surface area contributed by atoms with E-state index in [2.05, 4.69) is 15.0 Å². The van der Waals surface area contributed by atoms with Crippen molar-refractivity contribution in [1.82, 2.24) is 24.8 Å². The molecule has 2 aromatic rings. The number of amides is 2. The van der Waals surface area contributed by atoms with Gasteiger partial charge in [-0.1, -0.05) is 22.8 Å². The maximum absolute atomic E-state index is 14.0. The highest BCUT2D eigenvalue weighted by atomic mass is 35.5. The van der Waals surface area contributed by atoms with E-state index in [0.29, 0.717) is 55.0 Å². The van der Waals surface area contributed by atoms with Gasteiger partial charge in [0.1, 0.15) is 12.4 Å². The summed E-state index contributed by atoms with van der Waals surface area (Å²) >= 11 is 6.13. The Morgan fingerprint density at radius 1 is 1.30 bits per heavy atom. The lowest BCUT2D eigenvalue weighted by atomic mass is 10.2. The number of aromatic nitrogens is 2.